The zero-order valence-corrected chi connectivity index (χ0v) is 18.6. The Kier molecular flexibility index (Phi) is 4.36. The number of fused-ring (bicyclic) bond motifs is 2. The molecule has 2 N–H and O–H groups in total. The number of rotatable bonds is 3. The summed E-state index contributed by atoms with van der Waals surface area (Å²) in [5.74, 6) is 1.19. The van der Waals surface area contributed by atoms with Crippen molar-refractivity contribution in [3.05, 3.63) is 54.1 Å². The summed E-state index contributed by atoms with van der Waals surface area (Å²) < 4.78 is 3.11. The van der Waals surface area contributed by atoms with Crippen LogP contribution in [0.4, 0.5) is 5.82 Å². The normalized spacial score (nSPS) is 24.4. The van der Waals surface area contributed by atoms with E-state index in [1.807, 2.05) is 41.9 Å². The largest absolute Gasteiger partial charge is 0.390 e. The number of aromatic nitrogens is 3. The van der Waals surface area contributed by atoms with Crippen molar-refractivity contribution in [1.82, 2.24) is 14.8 Å². The Bertz CT molecular complexity index is 1360. The van der Waals surface area contributed by atoms with Crippen LogP contribution < -0.4 is 5.32 Å². The van der Waals surface area contributed by atoms with Crippen molar-refractivity contribution in [1.29, 1.82) is 5.26 Å². The van der Waals surface area contributed by atoms with Crippen LogP contribution in [0.1, 0.15) is 37.8 Å². The molecule has 2 aromatic carbocycles. The molecule has 1 aliphatic carbocycles. The fourth-order valence-corrected chi connectivity index (χ4v) is 6.12. The average Bonchev–Trinajstić information content (AvgIpc) is 3.38. The van der Waals surface area contributed by atoms with E-state index in [9.17, 15) is 10.4 Å². The molecule has 0 bridgehead atoms. The fourth-order valence-electron chi connectivity index (χ4n) is 5.17. The summed E-state index contributed by atoms with van der Waals surface area (Å²) >= 11 is 1.67. The molecule has 0 radical (unpaired) electrons. The highest BCUT2D eigenvalue weighted by molar-refractivity contribution is 7.21. The van der Waals surface area contributed by atoms with Crippen LogP contribution in [0, 0.1) is 17.2 Å². The Balaban J connectivity index is 1.41. The first-order chi connectivity index (χ1) is 15.5. The third kappa shape index (κ3) is 3.10. The van der Waals surface area contributed by atoms with Gasteiger partial charge in [0.1, 0.15) is 28.2 Å². The molecule has 1 aliphatic heterocycles. The molecule has 6 nitrogen and oxygen atoms in total. The van der Waals surface area contributed by atoms with E-state index in [4.69, 9.17) is 10.1 Å². The van der Waals surface area contributed by atoms with Crippen LogP contribution >= 0.6 is 11.3 Å². The zero-order chi connectivity index (χ0) is 21.9. The number of anilines is 1. The molecule has 7 heteroatoms. The van der Waals surface area contributed by atoms with E-state index in [1.165, 1.54) is 0 Å². The number of hydrogen-bond acceptors (Lipinski definition) is 6. The lowest BCUT2D eigenvalue weighted by Crippen LogP contribution is -2.46. The average molecular weight is 442 g/mol. The molecule has 6 rings (SSSR count). The van der Waals surface area contributed by atoms with Gasteiger partial charge in [0, 0.05) is 17.7 Å². The van der Waals surface area contributed by atoms with Crippen LogP contribution in [0.3, 0.4) is 0 Å². The van der Waals surface area contributed by atoms with Gasteiger partial charge in [-0.2, -0.15) is 10.4 Å². The minimum absolute atomic E-state index is 0.208. The number of benzene rings is 2. The number of aliphatic hydroxyl groups is 1. The van der Waals surface area contributed by atoms with Gasteiger partial charge in [0.05, 0.1) is 21.9 Å². The van der Waals surface area contributed by atoms with Crippen LogP contribution in [-0.4, -0.2) is 32.0 Å². The molecule has 1 atom stereocenters. The highest BCUT2D eigenvalue weighted by Crippen LogP contribution is 2.48. The minimum Gasteiger partial charge on any atom is -0.390 e. The van der Waals surface area contributed by atoms with Gasteiger partial charge in [-0.05, 0) is 44.2 Å². The van der Waals surface area contributed by atoms with Crippen molar-refractivity contribution in [2.45, 2.75) is 37.8 Å². The second kappa shape index (κ2) is 7.16. The molecule has 0 saturated heterocycles. The van der Waals surface area contributed by atoms with Gasteiger partial charge in [0.15, 0.2) is 0 Å². The van der Waals surface area contributed by atoms with E-state index in [-0.39, 0.29) is 6.04 Å². The molecule has 3 heterocycles. The summed E-state index contributed by atoms with van der Waals surface area (Å²) in [5.41, 5.74) is 3.63. The van der Waals surface area contributed by atoms with E-state index in [2.05, 4.69) is 29.6 Å². The molecule has 1 saturated carbocycles. The number of hydrogen-bond donors (Lipinski definition) is 2. The molecule has 0 amide bonds. The van der Waals surface area contributed by atoms with Crippen molar-refractivity contribution in [3.8, 4) is 27.9 Å². The minimum atomic E-state index is -0.574. The Hall–Kier alpha value is -3.21. The molecule has 1 fully saturated rings. The quantitative estimate of drug-likeness (QED) is 0.455. The topological polar surface area (TPSA) is 86.8 Å². The second-order valence-electron chi connectivity index (χ2n) is 9.14. The standard InChI is InChI=1S/C25H23N5OS/c1-25(31)12-17(13-25)20-9-10-27-23-18(14-26)22(29-30(20)23)16-7-8-21-19(11-16)28-24(32-21)15-5-3-2-4-6-15/h2-8,11,17,20,27,31H,9-10,12-13H2,1H3. The maximum atomic E-state index is 10.2. The van der Waals surface area contributed by atoms with Crippen LogP contribution in [0.5, 0.6) is 0 Å². The second-order valence-corrected chi connectivity index (χ2v) is 10.2. The van der Waals surface area contributed by atoms with Crippen molar-refractivity contribution in [2.24, 2.45) is 5.92 Å². The van der Waals surface area contributed by atoms with Crippen molar-refractivity contribution < 1.29 is 5.11 Å². The number of nitriles is 1. The van der Waals surface area contributed by atoms with Crippen LogP contribution in [0.2, 0.25) is 0 Å². The highest BCUT2D eigenvalue weighted by atomic mass is 32.1. The van der Waals surface area contributed by atoms with Gasteiger partial charge in [0.2, 0.25) is 0 Å². The lowest BCUT2D eigenvalue weighted by Gasteiger charge is -2.46. The molecule has 2 aliphatic rings. The lowest BCUT2D eigenvalue weighted by molar-refractivity contribution is -0.0760. The van der Waals surface area contributed by atoms with E-state index < -0.39 is 5.60 Å². The zero-order valence-electron chi connectivity index (χ0n) is 17.7. The monoisotopic (exact) mass is 441 g/mol. The summed E-state index contributed by atoms with van der Waals surface area (Å²) in [6.45, 7) is 2.71. The Morgan fingerprint density at radius 3 is 2.75 bits per heavy atom. The van der Waals surface area contributed by atoms with Gasteiger partial charge in [-0.15, -0.1) is 11.3 Å². The van der Waals surface area contributed by atoms with Crippen molar-refractivity contribution in [2.75, 3.05) is 11.9 Å². The summed E-state index contributed by atoms with van der Waals surface area (Å²) in [6.07, 6.45) is 2.51. The fraction of sp³-hybridized carbons (Fsp3) is 0.320. The van der Waals surface area contributed by atoms with Crippen LogP contribution in [-0.2, 0) is 0 Å². The van der Waals surface area contributed by atoms with Crippen LogP contribution in [0.15, 0.2) is 48.5 Å². The third-order valence-electron chi connectivity index (χ3n) is 6.70. The summed E-state index contributed by atoms with van der Waals surface area (Å²) in [7, 11) is 0. The first kappa shape index (κ1) is 19.5. The first-order valence-electron chi connectivity index (χ1n) is 11.0. The third-order valence-corrected chi connectivity index (χ3v) is 7.78. The number of nitrogens with zero attached hydrogens (tertiary/aromatic N) is 4. The van der Waals surface area contributed by atoms with Gasteiger partial charge in [0.25, 0.3) is 0 Å². The first-order valence-corrected chi connectivity index (χ1v) is 11.8. The molecule has 32 heavy (non-hydrogen) atoms. The van der Waals surface area contributed by atoms with Gasteiger partial charge in [-0.1, -0.05) is 36.4 Å². The number of nitrogens with one attached hydrogen (secondary N) is 1. The molecule has 2 aromatic heterocycles. The predicted octanol–water partition coefficient (Wildman–Crippen LogP) is 5.22. The van der Waals surface area contributed by atoms with Crippen molar-refractivity contribution >= 4 is 27.4 Å². The molecule has 0 spiro atoms. The molecule has 4 aromatic rings. The summed E-state index contributed by atoms with van der Waals surface area (Å²) in [5, 5.41) is 29.5. The van der Waals surface area contributed by atoms with Crippen LogP contribution in [0.25, 0.3) is 32.0 Å². The maximum absolute atomic E-state index is 10.2. The number of thiazole rings is 1. The summed E-state index contributed by atoms with van der Waals surface area (Å²) in [4.78, 5) is 4.85. The van der Waals surface area contributed by atoms with E-state index in [0.717, 1.165) is 58.0 Å². The molecular formula is C25H23N5OS. The van der Waals surface area contributed by atoms with Gasteiger partial charge in [-0.25, -0.2) is 9.67 Å². The highest BCUT2D eigenvalue weighted by Gasteiger charge is 2.45. The van der Waals surface area contributed by atoms with Gasteiger partial charge in [-0.3, -0.25) is 0 Å². The summed E-state index contributed by atoms with van der Waals surface area (Å²) in [6, 6.07) is 18.9. The Morgan fingerprint density at radius 2 is 2.00 bits per heavy atom. The Morgan fingerprint density at radius 1 is 1.19 bits per heavy atom. The van der Waals surface area contributed by atoms with E-state index >= 15 is 0 Å². The lowest BCUT2D eigenvalue weighted by atomic mass is 9.68. The SMILES string of the molecule is CC1(O)CC(C2CCNc3c(C#N)c(-c4ccc5sc(-c6ccccc6)nc5c4)nn32)C1. The molecule has 1 unspecified atom stereocenters. The maximum Gasteiger partial charge on any atom is 0.143 e. The predicted molar refractivity (Wildman–Crippen MR) is 126 cm³/mol. The molecular weight excluding hydrogens is 418 g/mol. The van der Waals surface area contributed by atoms with Gasteiger partial charge < -0.3 is 10.4 Å². The smallest absolute Gasteiger partial charge is 0.143 e. The van der Waals surface area contributed by atoms with E-state index in [0.29, 0.717) is 17.2 Å². The van der Waals surface area contributed by atoms with Gasteiger partial charge >= 0.3 is 0 Å². The molecule has 160 valence electrons. The van der Waals surface area contributed by atoms with Crippen molar-refractivity contribution in [3.63, 3.8) is 0 Å². The van der Waals surface area contributed by atoms with E-state index in [1.54, 1.807) is 11.3 Å². The Labute approximate surface area is 190 Å².